The second-order valence-electron chi connectivity index (χ2n) is 10.5. The largest absolute Gasteiger partial charge is 0.466 e. The lowest BCUT2D eigenvalue weighted by Crippen LogP contribution is -2.34. The molecule has 2 heterocycles. The Balaban J connectivity index is 1.44. The van der Waals surface area contributed by atoms with Crippen LogP contribution >= 0.6 is 0 Å². The number of nitrogens with zero attached hydrogens (tertiary/aromatic N) is 5. The fraction of sp³-hybridized carbons (Fsp3) is 0.353. The minimum absolute atomic E-state index is 0.0264. The van der Waals surface area contributed by atoms with Gasteiger partial charge in [-0.1, -0.05) is 32.3 Å². The van der Waals surface area contributed by atoms with Crippen LogP contribution in [0, 0.1) is 0 Å². The van der Waals surface area contributed by atoms with Crippen LogP contribution in [0.2, 0.25) is 0 Å². The van der Waals surface area contributed by atoms with E-state index in [1.807, 2.05) is 12.1 Å². The normalized spacial score (nSPS) is 11.3. The van der Waals surface area contributed by atoms with Crippen LogP contribution in [0.15, 0.2) is 71.9 Å². The number of nitrogens with one attached hydrogen (secondary N) is 1. The number of amidine groups is 1. The maximum atomic E-state index is 13.7. The van der Waals surface area contributed by atoms with Gasteiger partial charge in [0.25, 0.3) is 5.91 Å². The minimum Gasteiger partial charge on any atom is -0.466 e. The van der Waals surface area contributed by atoms with E-state index in [2.05, 4.69) is 22.2 Å². The Morgan fingerprint density at radius 2 is 1.77 bits per heavy atom. The number of aromatic nitrogens is 3. The molecule has 0 saturated carbocycles. The van der Waals surface area contributed by atoms with E-state index in [-0.39, 0.29) is 31.3 Å². The summed E-state index contributed by atoms with van der Waals surface area (Å²) in [6.07, 6.45) is 4.92. The number of anilines is 2. The van der Waals surface area contributed by atoms with Crippen molar-refractivity contribution in [1.29, 1.82) is 0 Å². The summed E-state index contributed by atoms with van der Waals surface area (Å²) in [4.78, 5) is 57.6. The smallest absolute Gasteiger partial charge is 0.435 e. The van der Waals surface area contributed by atoms with Gasteiger partial charge in [-0.05, 0) is 67.9 Å². The zero-order valence-corrected chi connectivity index (χ0v) is 27.0. The van der Waals surface area contributed by atoms with Gasteiger partial charge < -0.3 is 25.4 Å². The molecule has 2 aromatic carbocycles. The van der Waals surface area contributed by atoms with E-state index in [0.717, 1.165) is 31.4 Å². The molecular weight excluding hydrogens is 602 g/mol. The zero-order chi connectivity index (χ0) is 33.6. The van der Waals surface area contributed by atoms with Gasteiger partial charge in [-0.25, -0.2) is 14.8 Å². The number of hydrogen-bond donors (Lipinski definition) is 2. The summed E-state index contributed by atoms with van der Waals surface area (Å²) in [5, 5.41) is 3.30. The van der Waals surface area contributed by atoms with Crippen molar-refractivity contribution in [2.75, 3.05) is 37.1 Å². The molecule has 2 aromatic heterocycles. The van der Waals surface area contributed by atoms with Gasteiger partial charge in [0.05, 0.1) is 31.7 Å². The van der Waals surface area contributed by atoms with Gasteiger partial charge in [0.15, 0.2) is 5.82 Å². The number of hydrogen-bond acceptors (Lipinski definition) is 9. The van der Waals surface area contributed by atoms with Crippen molar-refractivity contribution in [3.05, 3.63) is 83.8 Å². The SMILES string of the molecule is CCCCCCOC(=O)/N=C(/N)c1ccc(NCc2nc3cc(C(=O)N(CCC(=O)OCC)c4ccccn4)ccc3n2OC)cc1. The predicted molar refractivity (Wildman–Crippen MR) is 179 cm³/mol. The van der Waals surface area contributed by atoms with Crippen LogP contribution in [0.25, 0.3) is 11.0 Å². The van der Waals surface area contributed by atoms with Crippen LogP contribution in [0.4, 0.5) is 16.3 Å². The number of carbonyl (C=O) groups excluding carboxylic acids is 3. The number of carbonyl (C=O) groups is 3. The van der Waals surface area contributed by atoms with E-state index in [4.69, 9.17) is 25.0 Å². The number of benzene rings is 2. The average Bonchev–Trinajstić information content (AvgIpc) is 3.44. The Kier molecular flexibility index (Phi) is 12.7. The standard InChI is InChI=1S/C34H41N7O6/c1-4-6-7-10-21-47-34(44)39-32(35)24-12-15-26(16-13-24)37-23-30-38-27-22-25(14-17-28(27)41(30)45-3)33(43)40(20-18-31(42)46-5-2)29-11-8-9-19-36-29/h8-9,11-17,19,22,37H,4-7,10,18,20-21,23H2,1-3H3,(H2,35,39,44). The molecule has 0 aliphatic rings. The van der Waals surface area contributed by atoms with Gasteiger partial charge in [0, 0.05) is 29.6 Å². The minimum atomic E-state index is -0.703. The summed E-state index contributed by atoms with van der Waals surface area (Å²) in [6.45, 7) is 4.85. The first kappa shape index (κ1) is 34.4. The molecule has 0 aliphatic carbocycles. The van der Waals surface area contributed by atoms with Crippen LogP contribution in [0.5, 0.6) is 0 Å². The van der Waals surface area contributed by atoms with Crippen LogP contribution in [-0.2, 0) is 20.8 Å². The number of unbranched alkanes of at least 4 members (excludes halogenated alkanes) is 3. The fourth-order valence-corrected chi connectivity index (χ4v) is 4.81. The first-order valence-corrected chi connectivity index (χ1v) is 15.6. The van der Waals surface area contributed by atoms with E-state index >= 15 is 0 Å². The molecule has 0 unspecified atom stereocenters. The quantitative estimate of drug-likeness (QED) is 0.0725. The van der Waals surface area contributed by atoms with E-state index in [0.29, 0.717) is 47.0 Å². The van der Waals surface area contributed by atoms with Gasteiger partial charge in [0.2, 0.25) is 0 Å². The molecule has 0 fully saturated rings. The van der Waals surface area contributed by atoms with Crippen molar-refractivity contribution < 1.29 is 28.7 Å². The van der Waals surface area contributed by atoms with Crippen molar-refractivity contribution in [3.63, 3.8) is 0 Å². The van der Waals surface area contributed by atoms with Gasteiger partial charge in [-0.3, -0.25) is 14.5 Å². The molecule has 0 spiro atoms. The average molecular weight is 644 g/mol. The van der Waals surface area contributed by atoms with Gasteiger partial charge in [0.1, 0.15) is 24.3 Å². The second kappa shape index (κ2) is 17.3. The maximum Gasteiger partial charge on any atom is 0.435 e. The van der Waals surface area contributed by atoms with Gasteiger partial charge in [-0.2, -0.15) is 9.72 Å². The summed E-state index contributed by atoms with van der Waals surface area (Å²) >= 11 is 0. The molecule has 0 atom stereocenters. The molecule has 3 N–H and O–H groups in total. The molecule has 13 nitrogen and oxygen atoms in total. The number of imidazole rings is 1. The third-order valence-corrected chi connectivity index (χ3v) is 7.19. The number of ether oxygens (including phenoxy) is 2. The Labute approximate surface area is 273 Å². The van der Waals surface area contributed by atoms with Crippen LogP contribution in [0.3, 0.4) is 0 Å². The fourth-order valence-electron chi connectivity index (χ4n) is 4.81. The monoisotopic (exact) mass is 643 g/mol. The molecule has 13 heteroatoms. The van der Waals surface area contributed by atoms with E-state index in [9.17, 15) is 14.4 Å². The summed E-state index contributed by atoms with van der Waals surface area (Å²) < 4.78 is 11.8. The Morgan fingerprint density at radius 1 is 0.979 bits per heavy atom. The summed E-state index contributed by atoms with van der Waals surface area (Å²) in [5.74, 6) is 0.342. The number of pyridine rings is 1. The number of rotatable bonds is 16. The first-order chi connectivity index (χ1) is 22.8. The van der Waals surface area contributed by atoms with Crippen molar-refractivity contribution in [1.82, 2.24) is 14.7 Å². The van der Waals surface area contributed by atoms with Crippen molar-refractivity contribution in [2.24, 2.45) is 10.7 Å². The van der Waals surface area contributed by atoms with Crippen molar-refractivity contribution >= 4 is 46.3 Å². The Bertz CT molecular complexity index is 1670. The van der Waals surface area contributed by atoms with Crippen LogP contribution in [0.1, 0.15) is 67.7 Å². The Morgan fingerprint density at radius 3 is 2.47 bits per heavy atom. The molecule has 4 aromatic rings. The highest BCUT2D eigenvalue weighted by atomic mass is 16.6. The van der Waals surface area contributed by atoms with E-state index in [1.54, 1.807) is 66.4 Å². The number of amides is 2. The summed E-state index contributed by atoms with van der Waals surface area (Å²) in [5.41, 5.74) is 8.99. The topological polar surface area (TPSA) is 163 Å². The Hall–Kier alpha value is -5.46. The molecule has 47 heavy (non-hydrogen) atoms. The molecule has 0 bridgehead atoms. The highest BCUT2D eigenvalue weighted by molar-refractivity contribution is 6.07. The van der Waals surface area contributed by atoms with Crippen molar-refractivity contribution in [2.45, 2.75) is 52.5 Å². The summed E-state index contributed by atoms with van der Waals surface area (Å²) in [6, 6.07) is 17.5. The number of nitrogens with two attached hydrogens (primary N) is 1. The first-order valence-electron chi connectivity index (χ1n) is 15.6. The van der Waals surface area contributed by atoms with Crippen LogP contribution < -0.4 is 20.8 Å². The third kappa shape index (κ3) is 9.52. The zero-order valence-electron chi connectivity index (χ0n) is 27.0. The predicted octanol–water partition coefficient (Wildman–Crippen LogP) is 5.12. The van der Waals surface area contributed by atoms with Crippen LogP contribution in [-0.4, -0.2) is 65.4 Å². The second-order valence-corrected chi connectivity index (χ2v) is 10.5. The molecule has 248 valence electrons. The molecule has 0 radical (unpaired) electrons. The molecule has 0 saturated heterocycles. The lowest BCUT2D eigenvalue weighted by atomic mass is 10.1. The highest BCUT2D eigenvalue weighted by Gasteiger charge is 2.22. The van der Waals surface area contributed by atoms with E-state index < -0.39 is 12.1 Å². The molecular formula is C34H41N7O6. The molecule has 0 aliphatic heterocycles. The number of esters is 1. The number of aliphatic imine (C=N–C) groups is 1. The molecule has 4 rings (SSSR count). The maximum absolute atomic E-state index is 13.7. The highest BCUT2D eigenvalue weighted by Crippen LogP contribution is 2.22. The van der Waals surface area contributed by atoms with Gasteiger partial charge in [-0.15, -0.1) is 0 Å². The van der Waals surface area contributed by atoms with E-state index in [1.165, 1.54) is 12.0 Å². The summed E-state index contributed by atoms with van der Waals surface area (Å²) in [7, 11) is 1.54. The molecule has 2 amide bonds. The lowest BCUT2D eigenvalue weighted by molar-refractivity contribution is -0.142. The third-order valence-electron chi connectivity index (χ3n) is 7.19. The van der Waals surface area contributed by atoms with Crippen molar-refractivity contribution in [3.8, 4) is 0 Å². The number of fused-ring (bicyclic) bond motifs is 1. The lowest BCUT2D eigenvalue weighted by Gasteiger charge is -2.21. The van der Waals surface area contributed by atoms with Gasteiger partial charge >= 0.3 is 12.1 Å².